The predicted octanol–water partition coefficient (Wildman–Crippen LogP) is 2.96. The fourth-order valence-electron chi connectivity index (χ4n) is 2.17. The van der Waals surface area contributed by atoms with Crippen LogP contribution in [0.2, 0.25) is 0 Å². The highest BCUT2D eigenvalue weighted by molar-refractivity contribution is 7.87. The van der Waals surface area contributed by atoms with Gasteiger partial charge < -0.3 is 9.50 Å². The van der Waals surface area contributed by atoms with Gasteiger partial charge in [-0.1, -0.05) is 35.9 Å². The smallest absolute Gasteiger partial charge is 0.339 e. The summed E-state index contributed by atoms with van der Waals surface area (Å²) < 4.78 is 30.1. The molecule has 0 fully saturated rings. The zero-order chi connectivity index (χ0) is 17.0. The van der Waals surface area contributed by atoms with E-state index in [2.05, 4.69) is 5.32 Å². The molecule has 122 valence electrons. The molecule has 0 aliphatic carbocycles. The van der Waals surface area contributed by atoms with Crippen LogP contribution in [0.4, 0.5) is 0 Å². The van der Waals surface area contributed by atoms with E-state index in [1.54, 1.807) is 43.3 Å². The van der Waals surface area contributed by atoms with Gasteiger partial charge in [0.1, 0.15) is 10.6 Å². The van der Waals surface area contributed by atoms with E-state index < -0.39 is 10.1 Å². The predicted molar refractivity (Wildman–Crippen MR) is 87.7 cm³/mol. The molecule has 6 heteroatoms. The maximum absolute atomic E-state index is 12.4. The van der Waals surface area contributed by atoms with Gasteiger partial charge in [0, 0.05) is 12.5 Å². The van der Waals surface area contributed by atoms with E-state index in [0.29, 0.717) is 5.56 Å². The normalized spacial score (nSPS) is 12.5. The van der Waals surface area contributed by atoms with Crippen molar-refractivity contribution in [1.82, 2.24) is 5.32 Å². The van der Waals surface area contributed by atoms with Crippen molar-refractivity contribution < 1.29 is 17.4 Å². The van der Waals surface area contributed by atoms with Gasteiger partial charge in [0.15, 0.2) is 0 Å². The Kier molecular flexibility index (Phi) is 5.05. The van der Waals surface area contributed by atoms with E-state index in [1.165, 1.54) is 19.1 Å². The molecule has 0 saturated heterocycles. The molecule has 0 spiro atoms. The average Bonchev–Trinajstić information content (AvgIpc) is 2.47. The second-order valence-corrected chi connectivity index (χ2v) is 6.86. The van der Waals surface area contributed by atoms with Crippen LogP contribution in [-0.2, 0) is 14.9 Å². The Balaban J connectivity index is 2.32. The van der Waals surface area contributed by atoms with Crippen molar-refractivity contribution in [2.45, 2.75) is 31.7 Å². The largest absolute Gasteiger partial charge is 0.379 e. The average molecular weight is 333 g/mol. The lowest BCUT2D eigenvalue weighted by Crippen LogP contribution is -2.24. The van der Waals surface area contributed by atoms with Gasteiger partial charge in [0.25, 0.3) is 0 Å². The van der Waals surface area contributed by atoms with Crippen LogP contribution in [0.1, 0.15) is 31.0 Å². The van der Waals surface area contributed by atoms with Crippen molar-refractivity contribution in [3.05, 3.63) is 59.7 Å². The Morgan fingerprint density at radius 1 is 1.09 bits per heavy atom. The van der Waals surface area contributed by atoms with Gasteiger partial charge in [-0.2, -0.15) is 8.42 Å². The minimum Gasteiger partial charge on any atom is -0.379 e. The highest BCUT2D eigenvalue weighted by atomic mass is 32.2. The third-order valence-electron chi connectivity index (χ3n) is 3.31. The molecule has 0 radical (unpaired) electrons. The molecule has 23 heavy (non-hydrogen) atoms. The molecular formula is C17H19NO4S. The van der Waals surface area contributed by atoms with Crippen LogP contribution in [0.25, 0.3) is 0 Å². The first-order valence-corrected chi connectivity index (χ1v) is 8.57. The summed E-state index contributed by atoms with van der Waals surface area (Å²) in [4.78, 5) is 11.3. The summed E-state index contributed by atoms with van der Waals surface area (Å²) in [6, 6.07) is 12.8. The number of aryl methyl sites for hydroxylation is 1. The molecule has 0 aliphatic heterocycles. The van der Waals surface area contributed by atoms with Gasteiger partial charge >= 0.3 is 10.1 Å². The molecular weight excluding hydrogens is 314 g/mol. The van der Waals surface area contributed by atoms with Gasteiger partial charge in [-0.05, 0) is 32.0 Å². The van der Waals surface area contributed by atoms with Gasteiger partial charge in [-0.3, -0.25) is 4.79 Å². The second-order valence-electron chi connectivity index (χ2n) is 5.31. The molecule has 5 nitrogen and oxygen atoms in total. The van der Waals surface area contributed by atoms with Gasteiger partial charge in [0.05, 0.1) is 6.04 Å². The van der Waals surface area contributed by atoms with Crippen LogP contribution >= 0.6 is 0 Å². The van der Waals surface area contributed by atoms with Crippen LogP contribution < -0.4 is 9.50 Å². The Hall–Kier alpha value is -2.34. The van der Waals surface area contributed by atoms with E-state index in [0.717, 1.165) is 5.56 Å². The quantitative estimate of drug-likeness (QED) is 0.854. The first-order valence-electron chi connectivity index (χ1n) is 7.17. The maximum Gasteiger partial charge on any atom is 0.339 e. The Morgan fingerprint density at radius 2 is 1.70 bits per heavy atom. The number of amides is 1. The molecule has 2 aromatic rings. The maximum atomic E-state index is 12.4. The first-order chi connectivity index (χ1) is 10.8. The summed E-state index contributed by atoms with van der Waals surface area (Å²) in [5.41, 5.74) is 1.56. The lowest BCUT2D eigenvalue weighted by molar-refractivity contribution is -0.119. The molecule has 0 saturated carbocycles. The van der Waals surface area contributed by atoms with E-state index in [1.807, 2.05) is 6.92 Å². The summed E-state index contributed by atoms with van der Waals surface area (Å²) in [5, 5.41) is 2.72. The minimum absolute atomic E-state index is 0.0880. The standard InChI is InChI=1S/C17H19NO4S/c1-12-8-10-15(11-9-12)23(20,21)22-17-7-5-4-6-16(17)13(2)18-14(3)19/h4-11,13H,1-3H3,(H,18,19). The number of rotatable bonds is 5. The summed E-state index contributed by atoms with van der Waals surface area (Å²) in [6.07, 6.45) is 0. The van der Waals surface area contributed by atoms with Crippen molar-refractivity contribution >= 4 is 16.0 Å². The fraction of sp³-hybridized carbons (Fsp3) is 0.235. The molecule has 2 aromatic carbocycles. The van der Waals surface area contributed by atoms with Crippen LogP contribution in [-0.4, -0.2) is 14.3 Å². The monoisotopic (exact) mass is 333 g/mol. The Bertz CT molecular complexity index is 798. The van der Waals surface area contributed by atoms with Crippen LogP contribution in [0.3, 0.4) is 0 Å². The van der Waals surface area contributed by atoms with E-state index in [9.17, 15) is 13.2 Å². The Labute approximate surface area is 136 Å². The SMILES string of the molecule is CC(=O)NC(C)c1ccccc1OS(=O)(=O)c1ccc(C)cc1. The number of para-hydroxylation sites is 1. The number of benzene rings is 2. The molecule has 1 atom stereocenters. The van der Waals surface area contributed by atoms with E-state index in [4.69, 9.17) is 4.18 Å². The molecule has 0 aliphatic rings. The van der Waals surface area contributed by atoms with Crippen LogP contribution in [0, 0.1) is 6.92 Å². The summed E-state index contributed by atoms with van der Waals surface area (Å²) in [6.45, 7) is 5.05. The lowest BCUT2D eigenvalue weighted by Gasteiger charge is -2.17. The highest BCUT2D eigenvalue weighted by Crippen LogP contribution is 2.27. The minimum atomic E-state index is -3.93. The van der Waals surface area contributed by atoms with E-state index >= 15 is 0 Å². The second kappa shape index (κ2) is 6.83. The third-order valence-corrected chi connectivity index (χ3v) is 4.56. The molecule has 0 heterocycles. The van der Waals surface area contributed by atoms with E-state index in [-0.39, 0.29) is 22.6 Å². The number of carbonyl (C=O) groups excluding carboxylic acids is 1. The van der Waals surface area contributed by atoms with Gasteiger partial charge in [0.2, 0.25) is 5.91 Å². The number of carbonyl (C=O) groups is 1. The number of hydrogen-bond acceptors (Lipinski definition) is 4. The summed E-state index contributed by atoms with van der Waals surface area (Å²) in [5.74, 6) is 0.00280. The van der Waals surface area contributed by atoms with Crippen molar-refractivity contribution in [2.75, 3.05) is 0 Å². The Morgan fingerprint density at radius 3 is 2.30 bits per heavy atom. The highest BCUT2D eigenvalue weighted by Gasteiger charge is 2.20. The van der Waals surface area contributed by atoms with Crippen molar-refractivity contribution in [3.8, 4) is 5.75 Å². The number of hydrogen-bond donors (Lipinski definition) is 1. The van der Waals surface area contributed by atoms with Crippen molar-refractivity contribution in [2.24, 2.45) is 0 Å². The molecule has 1 amide bonds. The molecule has 0 aromatic heterocycles. The molecule has 2 rings (SSSR count). The fourth-order valence-corrected chi connectivity index (χ4v) is 3.12. The molecule has 1 unspecified atom stereocenters. The molecule has 1 N–H and O–H groups in total. The third kappa shape index (κ3) is 4.32. The summed E-state index contributed by atoms with van der Waals surface area (Å²) in [7, 11) is -3.93. The zero-order valence-electron chi connectivity index (χ0n) is 13.2. The lowest BCUT2D eigenvalue weighted by atomic mass is 10.1. The van der Waals surface area contributed by atoms with Gasteiger partial charge in [-0.15, -0.1) is 0 Å². The first kappa shape index (κ1) is 17.0. The van der Waals surface area contributed by atoms with Crippen molar-refractivity contribution in [3.63, 3.8) is 0 Å². The molecule has 0 bridgehead atoms. The van der Waals surface area contributed by atoms with Crippen LogP contribution in [0.5, 0.6) is 5.75 Å². The summed E-state index contributed by atoms with van der Waals surface area (Å²) >= 11 is 0. The van der Waals surface area contributed by atoms with Gasteiger partial charge in [-0.25, -0.2) is 0 Å². The van der Waals surface area contributed by atoms with Crippen LogP contribution in [0.15, 0.2) is 53.4 Å². The van der Waals surface area contributed by atoms with Crippen molar-refractivity contribution in [1.29, 1.82) is 0 Å². The number of nitrogens with one attached hydrogen (secondary N) is 1. The topological polar surface area (TPSA) is 72.5 Å². The zero-order valence-corrected chi connectivity index (χ0v) is 14.1.